The molecule has 0 spiro atoms. The molecule has 5 heteroatoms. The van der Waals surface area contributed by atoms with Gasteiger partial charge in [-0.3, -0.25) is 4.79 Å². The van der Waals surface area contributed by atoms with Gasteiger partial charge in [0.05, 0.1) is 11.2 Å². The van der Waals surface area contributed by atoms with Gasteiger partial charge in [-0.25, -0.2) is 4.98 Å². The Morgan fingerprint density at radius 1 is 1.12 bits per heavy atom. The van der Waals surface area contributed by atoms with E-state index < -0.39 is 0 Å². The van der Waals surface area contributed by atoms with Crippen molar-refractivity contribution in [3.8, 4) is 0 Å². The van der Waals surface area contributed by atoms with Crippen LogP contribution in [0, 0.1) is 29.1 Å². The van der Waals surface area contributed by atoms with E-state index in [1.165, 1.54) is 38.5 Å². The molecule has 0 radical (unpaired) electrons. The second-order valence-electron chi connectivity index (χ2n) is 10.9. The molecule has 6 rings (SSSR count). The molecular formula is C27H38N4O. The topological polar surface area (TPSA) is 66.0 Å². The van der Waals surface area contributed by atoms with Gasteiger partial charge in [0.25, 0.3) is 0 Å². The molecule has 0 aliphatic heterocycles. The first-order chi connectivity index (χ1) is 15.5. The number of fused-ring (bicyclic) bond motifs is 1. The lowest BCUT2D eigenvalue weighted by Crippen LogP contribution is -2.31. The zero-order valence-corrected chi connectivity index (χ0v) is 19.6. The van der Waals surface area contributed by atoms with E-state index in [0.717, 1.165) is 59.8 Å². The van der Waals surface area contributed by atoms with Gasteiger partial charge in [-0.05, 0) is 92.0 Å². The highest BCUT2D eigenvalue weighted by Crippen LogP contribution is 2.65. The highest BCUT2D eigenvalue weighted by molar-refractivity contribution is 6.01. The molecule has 4 aliphatic carbocycles. The summed E-state index contributed by atoms with van der Waals surface area (Å²) in [6.07, 6.45) is 8.56. The van der Waals surface area contributed by atoms with Gasteiger partial charge in [0.1, 0.15) is 5.82 Å². The van der Waals surface area contributed by atoms with Crippen molar-refractivity contribution < 1.29 is 4.79 Å². The van der Waals surface area contributed by atoms with Crippen molar-refractivity contribution in [3.05, 3.63) is 30.3 Å². The summed E-state index contributed by atoms with van der Waals surface area (Å²) >= 11 is 0. The molecule has 4 aliphatic rings. The maximum absolute atomic E-state index is 13.0. The molecule has 2 aromatic rings. The average molecular weight is 435 g/mol. The van der Waals surface area contributed by atoms with Gasteiger partial charge in [0.15, 0.2) is 0 Å². The van der Waals surface area contributed by atoms with E-state index in [9.17, 15) is 4.79 Å². The van der Waals surface area contributed by atoms with Crippen LogP contribution in [0.3, 0.4) is 0 Å². The quantitative estimate of drug-likeness (QED) is 0.436. The molecule has 1 aromatic carbocycles. The monoisotopic (exact) mass is 434 g/mol. The Morgan fingerprint density at radius 2 is 1.94 bits per heavy atom. The molecule has 4 bridgehead atoms. The van der Waals surface area contributed by atoms with Crippen LogP contribution >= 0.6 is 0 Å². The summed E-state index contributed by atoms with van der Waals surface area (Å²) in [5.74, 6) is 4.45. The van der Waals surface area contributed by atoms with Crippen LogP contribution in [-0.2, 0) is 4.79 Å². The third kappa shape index (κ3) is 4.50. The Labute approximate surface area is 192 Å². The van der Waals surface area contributed by atoms with Gasteiger partial charge in [-0.1, -0.05) is 26.3 Å². The summed E-state index contributed by atoms with van der Waals surface area (Å²) in [5, 5.41) is 11.1. The number of hydrogen-bond donors (Lipinski definition) is 3. The van der Waals surface area contributed by atoms with E-state index in [1.54, 1.807) is 0 Å². The van der Waals surface area contributed by atoms with Crippen LogP contribution in [0.15, 0.2) is 30.3 Å². The van der Waals surface area contributed by atoms with E-state index in [1.807, 2.05) is 24.3 Å². The van der Waals surface area contributed by atoms with Crippen molar-refractivity contribution in [2.75, 3.05) is 30.3 Å². The van der Waals surface area contributed by atoms with Gasteiger partial charge in [-0.2, -0.15) is 0 Å². The Hall–Kier alpha value is -2.14. The SMILES string of the molecule is CCC(C)CNCCNc1ccc2c(NC(=O)CC34CC5CC(C3)C(C5)C4)cccc2n1. The normalized spacial score (nSPS) is 28.9. The van der Waals surface area contributed by atoms with E-state index in [4.69, 9.17) is 4.98 Å². The molecule has 3 N–H and O–H groups in total. The number of anilines is 2. The Kier molecular flexibility index (Phi) is 6.11. The van der Waals surface area contributed by atoms with Crippen molar-refractivity contribution >= 4 is 28.3 Å². The second kappa shape index (κ2) is 9.01. The van der Waals surface area contributed by atoms with Crippen LogP contribution in [0.4, 0.5) is 11.5 Å². The summed E-state index contributed by atoms with van der Waals surface area (Å²) < 4.78 is 0. The molecule has 5 nitrogen and oxygen atoms in total. The molecule has 4 fully saturated rings. The summed E-state index contributed by atoms with van der Waals surface area (Å²) in [5.41, 5.74) is 2.08. The fraction of sp³-hybridized carbons (Fsp3) is 0.630. The number of carbonyl (C=O) groups is 1. The van der Waals surface area contributed by atoms with E-state index in [0.29, 0.717) is 12.3 Å². The highest BCUT2D eigenvalue weighted by atomic mass is 16.1. The molecule has 32 heavy (non-hydrogen) atoms. The Morgan fingerprint density at radius 3 is 2.69 bits per heavy atom. The predicted octanol–water partition coefficient (Wildman–Crippen LogP) is 5.44. The predicted molar refractivity (Wildman–Crippen MR) is 132 cm³/mol. The van der Waals surface area contributed by atoms with Crippen LogP contribution in [0.2, 0.25) is 0 Å². The highest BCUT2D eigenvalue weighted by Gasteiger charge is 2.56. The Balaban J connectivity index is 1.18. The molecule has 4 saturated carbocycles. The fourth-order valence-corrected chi connectivity index (χ4v) is 6.86. The molecular weight excluding hydrogens is 396 g/mol. The van der Waals surface area contributed by atoms with Crippen LogP contribution in [0.5, 0.6) is 0 Å². The van der Waals surface area contributed by atoms with Gasteiger partial charge in [-0.15, -0.1) is 0 Å². The first-order valence-electron chi connectivity index (χ1n) is 12.7. The number of pyridine rings is 1. The van der Waals surface area contributed by atoms with Crippen LogP contribution in [-0.4, -0.2) is 30.5 Å². The first-order valence-corrected chi connectivity index (χ1v) is 12.7. The summed E-state index contributed by atoms with van der Waals surface area (Å²) in [4.78, 5) is 17.8. The summed E-state index contributed by atoms with van der Waals surface area (Å²) in [6.45, 7) is 7.31. The number of nitrogens with zero attached hydrogens (tertiary/aromatic N) is 1. The number of hydrogen-bond acceptors (Lipinski definition) is 4. The van der Waals surface area contributed by atoms with Gasteiger partial charge in [0.2, 0.25) is 5.91 Å². The number of aromatic nitrogens is 1. The minimum atomic E-state index is 0.175. The van der Waals surface area contributed by atoms with E-state index in [-0.39, 0.29) is 11.3 Å². The minimum absolute atomic E-state index is 0.175. The minimum Gasteiger partial charge on any atom is -0.369 e. The summed E-state index contributed by atoms with van der Waals surface area (Å²) in [6, 6.07) is 10.1. The Bertz CT molecular complexity index is 954. The lowest BCUT2D eigenvalue weighted by molar-refractivity contribution is -0.119. The van der Waals surface area contributed by atoms with Crippen molar-refractivity contribution in [1.29, 1.82) is 0 Å². The zero-order valence-electron chi connectivity index (χ0n) is 19.6. The van der Waals surface area contributed by atoms with Crippen molar-refractivity contribution in [3.63, 3.8) is 0 Å². The molecule has 3 atom stereocenters. The number of carbonyl (C=O) groups excluding carboxylic acids is 1. The molecule has 1 aromatic heterocycles. The smallest absolute Gasteiger partial charge is 0.224 e. The fourth-order valence-electron chi connectivity index (χ4n) is 6.86. The van der Waals surface area contributed by atoms with E-state index >= 15 is 0 Å². The zero-order chi connectivity index (χ0) is 22.1. The van der Waals surface area contributed by atoms with Crippen LogP contribution < -0.4 is 16.0 Å². The third-order valence-electron chi connectivity index (χ3n) is 8.39. The molecule has 1 amide bonds. The number of benzene rings is 1. The van der Waals surface area contributed by atoms with Crippen LogP contribution in [0.25, 0.3) is 10.9 Å². The van der Waals surface area contributed by atoms with Crippen molar-refractivity contribution in [2.45, 2.75) is 58.8 Å². The van der Waals surface area contributed by atoms with Crippen molar-refractivity contribution in [2.24, 2.45) is 29.1 Å². The lowest BCUT2D eigenvalue weighted by Gasteiger charge is -2.37. The largest absolute Gasteiger partial charge is 0.369 e. The standard InChI is InChI=1S/C27H38N4O/c1-3-18(2)17-28-9-10-29-25-8-7-22-23(30-25)5-4-6-24(22)31-26(32)16-27-13-19-11-20(14-27)21(12-19)15-27/h4-8,18-21,28H,3,9-17H2,1-2H3,(H,29,30)(H,31,32). The van der Waals surface area contributed by atoms with Crippen LogP contribution in [0.1, 0.15) is 58.8 Å². The third-order valence-corrected chi connectivity index (χ3v) is 8.39. The lowest BCUT2D eigenvalue weighted by atomic mass is 9.67. The van der Waals surface area contributed by atoms with Gasteiger partial charge < -0.3 is 16.0 Å². The summed E-state index contributed by atoms with van der Waals surface area (Å²) in [7, 11) is 0. The molecule has 3 unspecified atom stereocenters. The number of rotatable bonds is 10. The molecule has 0 saturated heterocycles. The molecule has 1 heterocycles. The maximum atomic E-state index is 13.0. The van der Waals surface area contributed by atoms with Crippen molar-refractivity contribution in [1.82, 2.24) is 10.3 Å². The molecule has 172 valence electrons. The second-order valence-corrected chi connectivity index (χ2v) is 10.9. The maximum Gasteiger partial charge on any atom is 0.224 e. The van der Waals surface area contributed by atoms with Gasteiger partial charge in [0, 0.05) is 24.9 Å². The van der Waals surface area contributed by atoms with E-state index in [2.05, 4.69) is 35.9 Å². The number of amides is 1. The number of nitrogens with one attached hydrogen (secondary N) is 3. The first kappa shape index (κ1) is 21.7. The average Bonchev–Trinajstić information content (AvgIpc) is 3.18. The van der Waals surface area contributed by atoms with Gasteiger partial charge >= 0.3 is 0 Å².